The van der Waals surface area contributed by atoms with E-state index >= 15 is 0 Å². The van der Waals surface area contributed by atoms with Gasteiger partial charge in [0.2, 0.25) is 0 Å². The van der Waals surface area contributed by atoms with Gasteiger partial charge in [0, 0.05) is 30.3 Å². The van der Waals surface area contributed by atoms with Crippen LogP contribution in [0.3, 0.4) is 0 Å². The highest BCUT2D eigenvalue weighted by atomic mass is 19.4. The Kier molecular flexibility index (Phi) is 6.01. The Morgan fingerprint density at radius 3 is 2.19 bits per heavy atom. The zero-order valence-electron chi connectivity index (χ0n) is 15.7. The Balaban J connectivity index is 2.09. The number of benzene rings is 1. The van der Waals surface area contributed by atoms with Crippen LogP contribution in [-0.2, 0) is 12.4 Å². The monoisotopic (exact) mass is 439 g/mol. The average molecular weight is 439 g/mol. The fourth-order valence-corrected chi connectivity index (χ4v) is 3.17. The van der Waals surface area contributed by atoms with Crippen molar-refractivity contribution in [1.29, 1.82) is 0 Å². The van der Waals surface area contributed by atoms with Gasteiger partial charge in [0.15, 0.2) is 5.78 Å². The summed E-state index contributed by atoms with van der Waals surface area (Å²) < 4.78 is 79.4. The van der Waals surface area contributed by atoms with Gasteiger partial charge in [-0.25, -0.2) is 0 Å². The smallest absolute Gasteiger partial charge is 0.397 e. The number of nitrogens with two attached hydrogens (primary N) is 1. The number of pyridine rings is 2. The van der Waals surface area contributed by atoms with E-state index in [4.69, 9.17) is 5.73 Å². The normalized spacial score (nSPS) is 13.1. The second kappa shape index (κ2) is 8.37. The number of ketones is 1. The minimum Gasteiger partial charge on any atom is -0.397 e. The molecule has 2 heterocycles. The lowest BCUT2D eigenvalue weighted by Crippen LogP contribution is -2.18. The summed E-state index contributed by atoms with van der Waals surface area (Å²) in [6, 6.07) is 6.83. The molecule has 31 heavy (non-hydrogen) atoms. The lowest BCUT2D eigenvalue weighted by atomic mass is 9.86. The van der Waals surface area contributed by atoms with E-state index in [2.05, 4.69) is 9.97 Å². The number of hydrogen-bond acceptors (Lipinski definition) is 4. The van der Waals surface area contributed by atoms with Crippen LogP contribution in [0.4, 0.5) is 32.0 Å². The molecular weight excluding hydrogens is 424 g/mol. The average Bonchev–Trinajstić information content (AvgIpc) is 2.71. The third-order valence-corrected chi connectivity index (χ3v) is 4.66. The number of carbonyl (C=O) groups excluding carboxylic acids is 1. The zero-order valence-corrected chi connectivity index (χ0v) is 15.7. The molecule has 4 nitrogen and oxygen atoms in total. The largest absolute Gasteiger partial charge is 0.418 e. The van der Waals surface area contributed by atoms with E-state index in [1.807, 2.05) is 0 Å². The fourth-order valence-electron chi connectivity index (χ4n) is 3.17. The molecule has 0 saturated heterocycles. The summed E-state index contributed by atoms with van der Waals surface area (Å²) in [6.45, 7) is 0. The van der Waals surface area contributed by atoms with E-state index in [0.29, 0.717) is 0 Å². The number of halogens is 6. The third-order valence-electron chi connectivity index (χ3n) is 4.66. The van der Waals surface area contributed by atoms with E-state index in [-0.39, 0.29) is 16.8 Å². The summed E-state index contributed by atoms with van der Waals surface area (Å²) in [5.74, 6) is -1.84. The summed E-state index contributed by atoms with van der Waals surface area (Å²) in [4.78, 5) is 20.4. The fraction of sp³-hybridized carbons (Fsp3) is 0.190. The van der Waals surface area contributed by atoms with E-state index in [0.717, 1.165) is 42.6 Å². The molecule has 1 atom stereocenters. The van der Waals surface area contributed by atoms with E-state index < -0.39 is 47.3 Å². The first-order valence-electron chi connectivity index (χ1n) is 8.90. The molecule has 0 saturated carbocycles. The first-order valence-corrected chi connectivity index (χ1v) is 8.90. The van der Waals surface area contributed by atoms with Crippen molar-refractivity contribution in [2.24, 2.45) is 0 Å². The lowest BCUT2D eigenvalue weighted by Gasteiger charge is -2.21. The van der Waals surface area contributed by atoms with Crippen molar-refractivity contribution in [3.05, 3.63) is 89.0 Å². The SMILES string of the molecule is Nc1cnccc1C(=O)C[C@@H](c1ccc(C(F)(F)F)cc1)c1ncccc1C(F)(F)F. The number of nitrogen functional groups attached to an aromatic ring is 1. The van der Waals surface area contributed by atoms with Gasteiger partial charge < -0.3 is 5.73 Å². The Morgan fingerprint density at radius 2 is 1.61 bits per heavy atom. The topological polar surface area (TPSA) is 68.9 Å². The van der Waals surface area contributed by atoms with E-state index in [9.17, 15) is 31.1 Å². The number of rotatable bonds is 5. The maximum atomic E-state index is 13.6. The van der Waals surface area contributed by atoms with Gasteiger partial charge in [0.1, 0.15) is 0 Å². The molecule has 1 aromatic carbocycles. The second-order valence-corrected chi connectivity index (χ2v) is 6.70. The molecule has 0 aliphatic carbocycles. The zero-order chi connectivity index (χ0) is 22.8. The van der Waals surface area contributed by atoms with Crippen LogP contribution in [0.1, 0.15) is 45.1 Å². The van der Waals surface area contributed by atoms with Crippen molar-refractivity contribution in [2.75, 3.05) is 5.73 Å². The number of carbonyl (C=O) groups is 1. The standard InChI is InChI=1S/C21H15F6N3O/c22-20(23,24)13-5-3-12(4-6-13)15(10-18(31)14-7-9-29-11-17(14)28)19-16(21(25,26)27)2-1-8-30-19/h1-9,11,15H,10,28H2/t15-/m0/s1. The Morgan fingerprint density at radius 1 is 0.935 bits per heavy atom. The van der Waals surface area contributed by atoms with Gasteiger partial charge >= 0.3 is 12.4 Å². The third kappa shape index (κ3) is 5.01. The van der Waals surface area contributed by atoms with Crippen LogP contribution in [-0.4, -0.2) is 15.8 Å². The van der Waals surface area contributed by atoms with Crippen molar-refractivity contribution in [3.63, 3.8) is 0 Å². The highest BCUT2D eigenvalue weighted by Gasteiger charge is 2.37. The minimum absolute atomic E-state index is 0.0377. The highest BCUT2D eigenvalue weighted by Crippen LogP contribution is 2.39. The van der Waals surface area contributed by atoms with Crippen LogP contribution in [0, 0.1) is 0 Å². The van der Waals surface area contributed by atoms with Crippen LogP contribution < -0.4 is 5.73 Å². The summed E-state index contributed by atoms with van der Waals surface area (Å²) in [5, 5.41) is 0. The number of Topliss-reactive ketones (excluding diaryl/α,β-unsaturated/α-hetero) is 1. The molecule has 10 heteroatoms. The van der Waals surface area contributed by atoms with Crippen LogP contribution in [0.15, 0.2) is 61.1 Å². The van der Waals surface area contributed by atoms with Crippen molar-refractivity contribution >= 4 is 11.5 Å². The van der Waals surface area contributed by atoms with Crippen LogP contribution in [0.5, 0.6) is 0 Å². The molecule has 0 unspecified atom stereocenters. The summed E-state index contributed by atoms with van der Waals surface area (Å²) in [5.41, 5.74) is 3.41. The minimum atomic E-state index is -4.77. The van der Waals surface area contributed by atoms with Crippen molar-refractivity contribution in [3.8, 4) is 0 Å². The molecule has 2 aromatic heterocycles. The molecule has 0 spiro atoms. The van der Waals surface area contributed by atoms with E-state index in [1.165, 1.54) is 18.5 Å². The predicted molar refractivity (Wildman–Crippen MR) is 100 cm³/mol. The molecule has 0 amide bonds. The second-order valence-electron chi connectivity index (χ2n) is 6.70. The number of anilines is 1. The maximum absolute atomic E-state index is 13.6. The van der Waals surface area contributed by atoms with Gasteiger partial charge in [-0.1, -0.05) is 12.1 Å². The van der Waals surface area contributed by atoms with Crippen LogP contribution in [0.2, 0.25) is 0 Å². The number of hydrogen-bond donors (Lipinski definition) is 1. The Labute approximate surface area is 172 Å². The number of nitrogens with zero attached hydrogens (tertiary/aromatic N) is 2. The first kappa shape index (κ1) is 22.3. The van der Waals surface area contributed by atoms with Gasteiger partial charge in [-0.15, -0.1) is 0 Å². The maximum Gasteiger partial charge on any atom is 0.418 e. The molecule has 0 fully saturated rings. The molecule has 2 N–H and O–H groups in total. The van der Waals surface area contributed by atoms with Gasteiger partial charge in [-0.05, 0) is 35.9 Å². The molecule has 0 aliphatic heterocycles. The molecule has 0 bridgehead atoms. The molecule has 3 aromatic rings. The van der Waals surface area contributed by atoms with Gasteiger partial charge in [-0.3, -0.25) is 14.8 Å². The highest BCUT2D eigenvalue weighted by molar-refractivity contribution is 6.01. The number of aromatic nitrogens is 2. The quantitative estimate of drug-likeness (QED) is 0.421. The lowest BCUT2D eigenvalue weighted by molar-refractivity contribution is -0.139. The van der Waals surface area contributed by atoms with Crippen molar-refractivity contribution in [1.82, 2.24) is 9.97 Å². The molecule has 0 aliphatic rings. The van der Waals surface area contributed by atoms with E-state index in [1.54, 1.807) is 0 Å². The van der Waals surface area contributed by atoms with Gasteiger partial charge in [0.25, 0.3) is 0 Å². The molecule has 162 valence electrons. The van der Waals surface area contributed by atoms with Crippen molar-refractivity contribution < 1.29 is 31.1 Å². The van der Waals surface area contributed by atoms with Gasteiger partial charge in [-0.2, -0.15) is 26.3 Å². The Hall–Kier alpha value is -3.43. The predicted octanol–water partition coefficient (Wildman–Crippen LogP) is 5.50. The van der Waals surface area contributed by atoms with Crippen LogP contribution in [0.25, 0.3) is 0 Å². The first-order chi connectivity index (χ1) is 14.5. The number of alkyl halides is 6. The van der Waals surface area contributed by atoms with Crippen LogP contribution >= 0.6 is 0 Å². The molecule has 0 radical (unpaired) electrons. The summed E-state index contributed by atoms with van der Waals surface area (Å²) >= 11 is 0. The van der Waals surface area contributed by atoms with Gasteiger partial charge in [0.05, 0.1) is 28.7 Å². The Bertz CT molecular complexity index is 1080. The van der Waals surface area contributed by atoms with Crippen molar-refractivity contribution in [2.45, 2.75) is 24.7 Å². The molecular formula is C21H15F6N3O. The summed E-state index contributed by atoms with van der Waals surface area (Å²) in [7, 11) is 0. The molecule has 3 rings (SSSR count). The summed E-state index contributed by atoms with van der Waals surface area (Å²) in [6.07, 6.45) is -6.21.